The fourth-order valence-corrected chi connectivity index (χ4v) is 36.5. The normalized spacial score (nSPS) is 14.8. The van der Waals surface area contributed by atoms with Gasteiger partial charge in [0.25, 0.3) is 0 Å². The summed E-state index contributed by atoms with van der Waals surface area (Å²) in [5.41, 5.74) is 15.5. The molecule has 4 heteroatoms. The Balaban J connectivity index is 0.00000214. The average molecular weight is 847 g/mol. The van der Waals surface area contributed by atoms with Crippen LogP contribution in [0.25, 0.3) is 49.4 Å². The number of hydrogen-bond acceptors (Lipinski definition) is 0. The van der Waals surface area contributed by atoms with Gasteiger partial charge in [-0.25, -0.2) is 0 Å². The molecule has 0 N–H and O–H groups in total. The van der Waals surface area contributed by atoms with Crippen LogP contribution in [0, 0.1) is 13.8 Å². The molecule has 8 aromatic rings. The molecule has 0 amide bonds. The minimum atomic E-state index is -4.78. The third-order valence-corrected chi connectivity index (χ3v) is 40.5. The maximum absolute atomic E-state index is 4.78. The van der Waals surface area contributed by atoms with E-state index in [0.29, 0.717) is 0 Å². The molecule has 0 fully saturated rings. The van der Waals surface area contributed by atoms with Gasteiger partial charge in [-0.2, -0.15) is 0 Å². The first kappa shape index (κ1) is 37.6. The van der Waals surface area contributed by atoms with E-state index in [1.54, 1.807) is 6.54 Å². The van der Waals surface area contributed by atoms with Gasteiger partial charge in [0.2, 0.25) is 0 Å². The van der Waals surface area contributed by atoms with E-state index in [-0.39, 0.29) is 32.1 Å². The van der Waals surface area contributed by atoms with E-state index >= 15 is 0 Å². The quantitative estimate of drug-likeness (QED) is 0.120. The average Bonchev–Trinajstić information content (AvgIpc) is 3.72. The van der Waals surface area contributed by atoms with Crippen molar-refractivity contribution in [2.24, 2.45) is 0 Å². The molecule has 0 aliphatic heterocycles. The fraction of sp³-hybridized carbons (Fsp3) is 0.0980. The number of benzene rings is 8. The van der Waals surface area contributed by atoms with Gasteiger partial charge in [0, 0.05) is 0 Å². The Morgan fingerprint density at radius 1 is 0.436 bits per heavy atom. The molecule has 10 rings (SSSR count). The monoisotopic (exact) mass is 844 g/mol. The minimum Gasteiger partial charge on any atom is -0.147 e. The van der Waals surface area contributed by atoms with Crippen molar-refractivity contribution in [1.29, 1.82) is 0 Å². The topological polar surface area (TPSA) is 0 Å². The zero-order chi connectivity index (χ0) is 35.9. The first-order valence-corrected chi connectivity index (χ1v) is 30.2. The van der Waals surface area contributed by atoms with Gasteiger partial charge in [0.15, 0.2) is 0 Å². The van der Waals surface area contributed by atoms with Crippen molar-refractivity contribution < 1.29 is 17.4 Å². The number of hydrogen-bond donors (Lipinski definition) is 0. The molecule has 8 aromatic carbocycles. The number of allylic oxidation sites excluding steroid dienone is 2. The van der Waals surface area contributed by atoms with Gasteiger partial charge < -0.3 is 0 Å². The van der Waals surface area contributed by atoms with E-state index in [1.165, 1.54) is 82.8 Å². The van der Waals surface area contributed by atoms with Crippen molar-refractivity contribution in [3.63, 3.8) is 0 Å². The Morgan fingerprint density at radius 3 is 1.56 bits per heavy atom. The third-order valence-electron chi connectivity index (χ3n) is 12.9. The smallest absolute Gasteiger partial charge is 0.147 e. The Morgan fingerprint density at radius 2 is 0.964 bits per heavy atom. The van der Waals surface area contributed by atoms with Gasteiger partial charge in [-0.1, -0.05) is 0 Å². The first-order chi connectivity index (χ1) is 25.9. The van der Waals surface area contributed by atoms with Gasteiger partial charge in [0.05, 0.1) is 0 Å². The zero-order valence-corrected chi connectivity index (χ0v) is 36.9. The van der Waals surface area contributed by atoms with Crippen molar-refractivity contribution in [3.8, 4) is 22.3 Å². The van der Waals surface area contributed by atoms with Crippen LogP contribution < -0.4 is 6.54 Å². The molecule has 0 nitrogen and oxygen atoms in total. The first-order valence-electron chi connectivity index (χ1n) is 18.9. The van der Waals surface area contributed by atoms with E-state index in [4.69, 9.17) is 0 Å². The van der Waals surface area contributed by atoms with E-state index in [0.717, 1.165) is 0 Å². The second kappa shape index (κ2) is 14.0. The standard InChI is InChI=1S/C24H17.C15H13.2C6H5.2ClH.H2Si.Zr/c1-16-13-14-17-8-6-12-22(24(16)17)23-15-18-7-2-3-9-19(18)20-10-4-5-11-21(20)23;1-10-3-5-14-12(7-10)9-13-8-11(2)4-6-15(13)14;2*1-2-4-6-5-3-1;;;;/h2-15H,1H3;3-9H,1-2H3;2*1-5H;2*1H;1H2;. The van der Waals surface area contributed by atoms with Gasteiger partial charge in [-0.15, -0.1) is 24.8 Å². The number of rotatable bonds is 5. The van der Waals surface area contributed by atoms with Crippen LogP contribution in [0.2, 0.25) is 0 Å². The predicted octanol–water partition coefficient (Wildman–Crippen LogP) is 12.2. The minimum absolute atomic E-state index is 0. The van der Waals surface area contributed by atoms with Gasteiger partial charge in [-0.3, -0.25) is 0 Å². The van der Waals surface area contributed by atoms with Crippen LogP contribution in [0.3, 0.4) is 0 Å². The molecule has 1 unspecified atom stereocenters. The summed E-state index contributed by atoms with van der Waals surface area (Å²) in [5, 5.41) is 5.23. The SMILES string of the molecule is CC1=C[CH]([Zr](=[SiH2])([c]2ccccc2)([c]2ccccc2)[CH]2c3cc(C)ccc3-c3ccc(C)cc32)c2cccc(-c3cc4ccccc4c4ccccc34)c21.Cl.Cl. The fourth-order valence-electron chi connectivity index (χ4n) is 10.7. The summed E-state index contributed by atoms with van der Waals surface area (Å²) in [4.78, 5) is 0. The second-order valence-electron chi connectivity index (χ2n) is 15.8. The summed E-state index contributed by atoms with van der Waals surface area (Å²) in [6.45, 7) is 9.38. The summed E-state index contributed by atoms with van der Waals surface area (Å²) >= 11 is -4.78. The number of fused-ring (bicyclic) bond motifs is 7. The van der Waals surface area contributed by atoms with Crippen molar-refractivity contribution >= 4 is 65.4 Å². The van der Waals surface area contributed by atoms with Gasteiger partial charge >= 0.3 is 318 Å². The van der Waals surface area contributed by atoms with Crippen LogP contribution in [0.1, 0.15) is 47.6 Å². The second-order valence-corrected chi connectivity index (χ2v) is 38.6. The summed E-state index contributed by atoms with van der Waals surface area (Å²) in [5.74, 6) is 0. The maximum Gasteiger partial charge on any atom is -0.147 e. The number of halogens is 2. The molecular formula is C51H44Cl2SiZr. The Hall–Kier alpha value is -4.30. The van der Waals surface area contributed by atoms with Crippen LogP contribution in [0.15, 0.2) is 176 Å². The summed E-state index contributed by atoms with van der Waals surface area (Å²) in [7, 11) is 0. The molecule has 2 aliphatic carbocycles. The van der Waals surface area contributed by atoms with Gasteiger partial charge in [0.1, 0.15) is 0 Å². The molecule has 0 heterocycles. The van der Waals surface area contributed by atoms with Crippen LogP contribution in [-0.4, -0.2) is 6.88 Å². The molecule has 270 valence electrons. The summed E-state index contributed by atoms with van der Waals surface area (Å²) < 4.78 is 3.60. The molecule has 0 saturated carbocycles. The molecule has 0 radical (unpaired) electrons. The van der Waals surface area contributed by atoms with E-state index in [2.05, 4.69) is 204 Å². The van der Waals surface area contributed by atoms with Gasteiger partial charge in [-0.05, 0) is 0 Å². The van der Waals surface area contributed by atoms with Crippen LogP contribution in [0.4, 0.5) is 0 Å². The molecule has 0 bridgehead atoms. The van der Waals surface area contributed by atoms with Crippen molar-refractivity contribution in [2.75, 3.05) is 0 Å². The largest absolute Gasteiger partial charge is 0.147 e. The predicted molar refractivity (Wildman–Crippen MR) is 242 cm³/mol. The zero-order valence-electron chi connectivity index (χ0n) is 31.4. The van der Waals surface area contributed by atoms with Crippen molar-refractivity contribution in [3.05, 3.63) is 209 Å². The van der Waals surface area contributed by atoms with Crippen LogP contribution in [-0.2, 0) is 17.4 Å². The van der Waals surface area contributed by atoms with Crippen molar-refractivity contribution in [1.82, 2.24) is 0 Å². The Bertz CT molecular complexity index is 2800. The van der Waals surface area contributed by atoms with E-state index < -0.39 is 17.4 Å². The molecule has 2 aliphatic rings. The van der Waals surface area contributed by atoms with E-state index in [9.17, 15) is 0 Å². The van der Waals surface area contributed by atoms with Crippen molar-refractivity contribution in [2.45, 2.75) is 28.0 Å². The molecule has 55 heavy (non-hydrogen) atoms. The number of aryl methyl sites for hydroxylation is 2. The van der Waals surface area contributed by atoms with Crippen LogP contribution in [0.5, 0.6) is 0 Å². The Labute approximate surface area is 339 Å². The summed E-state index contributed by atoms with van der Waals surface area (Å²) in [6.07, 6.45) is 2.72. The third kappa shape index (κ3) is 5.33. The van der Waals surface area contributed by atoms with E-state index in [1.807, 2.05) is 0 Å². The molecule has 1 atom stereocenters. The molecule has 0 aromatic heterocycles. The molecular weight excluding hydrogens is 803 g/mol. The molecule has 0 saturated heterocycles. The maximum atomic E-state index is 2.72. The Kier molecular flexibility index (Phi) is 9.59. The summed E-state index contributed by atoms with van der Waals surface area (Å²) in [6, 6.07) is 65.6. The van der Waals surface area contributed by atoms with Crippen LogP contribution >= 0.6 is 24.8 Å². The molecule has 0 spiro atoms.